The number of anilines is 1. The van der Waals surface area contributed by atoms with Crippen molar-refractivity contribution < 1.29 is 23.5 Å². The highest BCUT2D eigenvalue weighted by atomic mass is 35.5. The van der Waals surface area contributed by atoms with Crippen LogP contribution in [0.15, 0.2) is 18.2 Å². The van der Waals surface area contributed by atoms with Gasteiger partial charge in [-0.25, -0.2) is 4.39 Å². The maximum Gasteiger partial charge on any atom is 0.311 e. The number of likely N-dealkylation sites (tertiary alicyclic amines) is 1. The van der Waals surface area contributed by atoms with Gasteiger partial charge in [0.05, 0.1) is 11.6 Å². The van der Waals surface area contributed by atoms with Crippen LogP contribution in [0.5, 0.6) is 0 Å². The normalized spacial score (nSPS) is 17.1. The average Bonchev–Trinajstić information content (AvgIpc) is 2.62. The lowest BCUT2D eigenvalue weighted by Crippen LogP contribution is -2.42. The molecule has 0 spiro atoms. The highest BCUT2D eigenvalue weighted by Crippen LogP contribution is 2.20. The van der Waals surface area contributed by atoms with Crippen molar-refractivity contribution in [1.29, 1.82) is 0 Å². The van der Waals surface area contributed by atoms with E-state index >= 15 is 0 Å². The molecule has 1 aromatic carbocycles. The summed E-state index contributed by atoms with van der Waals surface area (Å²) in [5.74, 6) is -2.28. The molecule has 0 aliphatic carbocycles. The summed E-state index contributed by atoms with van der Waals surface area (Å²) < 4.78 is 18.6. The summed E-state index contributed by atoms with van der Waals surface area (Å²) in [7, 11) is 0. The minimum absolute atomic E-state index is 0.00771. The van der Waals surface area contributed by atoms with Gasteiger partial charge in [0, 0.05) is 24.5 Å². The Balaban J connectivity index is 1.83. The van der Waals surface area contributed by atoms with Crippen LogP contribution in [0.2, 0.25) is 5.02 Å². The number of hydrogen-bond acceptors (Lipinski definition) is 4. The predicted molar refractivity (Wildman–Crippen MR) is 90.6 cm³/mol. The minimum atomic E-state index is -0.660. The Hall–Kier alpha value is -2.15. The molecule has 25 heavy (non-hydrogen) atoms. The second-order valence-corrected chi connectivity index (χ2v) is 6.25. The SMILES string of the molecule is CCC(=O)N1CCCC(C(=O)OCC(=O)Nc2cc(Cl)ccc2F)C1. The standard InChI is InChI=1S/C17H20ClFN2O4/c1-2-16(23)21-7-3-4-11(9-21)17(24)25-10-15(22)20-14-8-12(18)5-6-13(14)19/h5-6,8,11H,2-4,7,9-10H2,1H3,(H,20,22). The number of nitrogens with one attached hydrogen (secondary N) is 1. The maximum atomic E-state index is 13.6. The zero-order valence-corrected chi connectivity index (χ0v) is 14.6. The van der Waals surface area contributed by atoms with E-state index in [-0.39, 0.29) is 16.6 Å². The molecule has 1 N–H and O–H groups in total. The van der Waals surface area contributed by atoms with E-state index < -0.39 is 30.2 Å². The Labute approximate surface area is 150 Å². The van der Waals surface area contributed by atoms with Gasteiger partial charge < -0.3 is 15.0 Å². The zero-order chi connectivity index (χ0) is 18.4. The lowest BCUT2D eigenvalue weighted by Gasteiger charge is -2.31. The Morgan fingerprint density at radius 2 is 2.16 bits per heavy atom. The molecule has 2 amide bonds. The van der Waals surface area contributed by atoms with Crippen LogP contribution < -0.4 is 5.32 Å². The summed E-state index contributed by atoms with van der Waals surface area (Å²) >= 11 is 5.74. The smallest absolute Gasteiger partial charge is 0.311 e. The van der Waals surface area contributed by atoms with Crippen LogP contribution in [0.3, 0.4) is 0 Å². The number of nitrogens with zero attached hydrogens (tertiary/aromatic N) is 1. The van der Waals surface area contributed by atoms with Crippen LogP contribution in [0.1, 0.15) is 26.2 Å². The van der Waals surface area contributed by atoms with Crippen molar-refractivity contribution in [3.05, 3.63) is 29.0 Å². The third-order valence-electron chi connectivity index (χ3n) is 3.96. The summed E-state index contributed by atoms with van der Waals surface area (Å²) in [5.41, 5.74) is -0.0778. The number of esters is 1. The van der Waals surface area contributed by atoms with Gasteiger partial charge in [0.1, 0.15) is 5.82 Å². The molecule has 1 atom stereocenters. The van der Waals surface area contributed by atoms with Crippen LogP contribution in [-0.4, -0.2) is 42.4 Å². The molecule has 1 aromatic rings. The number of halogens is 2. The van der Waals surface area contributed by atoms with Crippen molar-refractivity contribution in [2.24, 2.45) is 5.92 Å². The van der Waals surface area contributed by atoms with E-state index in [2.05, 4.69) is 5.32 Å². The first kappa shape index (κ1) is 19.2. The number of amides is 2. The first-order valence-corrected chi connectivity index (χ1v) is 8.47. The van der Waals surface area contributed by atoms with Crippen LogP contribution in [0.4, 0.5) is 10.1 Å². The van der Waals surface area contributed by atoms with Crippen molar-refractivity contribution in [3.63, 3.8) is 0 Å². The van der Waals surface area contributed by atoms with Crippen molar-refractivity contribution >= 4 is 35.1 Å². The summed E-state index contributed by atoms with van der Waals surface area (Å²) in [5, 5.41) is 2.58. The summed E-state index contributed by atoms with van der Waals surface area (Å²) in [6, 6.07) is 3.76. The van der Waals surface area contributed by atoms with Crippen LogP contribution >= 0.6 is 11.6 Å². The van der Waals surface area contributed by atoms with Crippen LogP contribution in [0.25, 0.3) is 0 Å². The molecule has 136 valence electrons. The monoisotopic (exact) mass is 370 g/mol. The molecule has 1 aliphatic rings. The Morgan fingerprint density at radius 3 is 2.88 bits per heavy atom. The molecule has 1 heterocycles. The fourth-order valence-electron chi connectivity index (χ4n) is 2.65. The number of rotatable bonds is 5. The van der Waals surface area contributed by atoms with Gasteiger partial charge in [-0.2, -0.15) is 0 Å². The van der Waals surface area contributed by atoms with Gasteiger partial charge in [0.2, 0.25) is 5.91 Å². The van der Waals surface area contributed by atoms with E-state index in [4.69, 9.17) is 16.3 Å². The van der Waals surface area contributed by atoms with Gasteiger partial charge in [0.15, 0.2) is 6.61 Å². The van der Waals surface area contributed by atoms with Gasteiger partial charge in [-0.1, -0.05) is 18.5 Å². The molecular formula is C17H20ClFN2O4. The fraction of sp³-hybridized carbons (Fsp3) is 0.471. The van der Waals surface area contributed by atoms with E-state index in [1.165, 1.54) is 12.1 Å². The lowest BCUT2D eigenvalue weighted by atomic mass is 9.98. The molecule has 1 aliphatic heterocycles. The second-order valence-electron chi connectivity index (χ2n) is 5.81. The molecule has 1 saturated heterocycles. The fourth-order valence-corrected chi connectivity index (χ4v) is 2.83. The maximum absolute atomic E-state index is 13.6. The van der Waals surface area contributed by atoms with E-state index in [0.29, 0.717) is 32.4 Å². The molecule has 1 unspecified atom stereocenters. The number of ether oxygens (including phenoxy) is 1. The van der Waals surface area contributed by atoms with Crippen molar-refractivity contribution in [2.45, 2.75) is 26.2 Å². The van der Waals surface area contributed by atoms with E-state index in [0.717, 1.165) is 6.07 Å². The molecule has 8 heteroatoms. The third-order valence-corrected chi connectivity index (χ3v) is 4.19. The molecule has 0 aromatic heterocycles. The quantitative estimate of drug-likeness (QED) is 0.808. The van der Waals surface area contributed by atoms with Gasteiger partial charge in [-0.05, 0) is 31.0 Å². The zero-order valence-electron chi connectivity index (χ0n) is 13.9. The molecule has 6 nitrogen and oxygen atoms in total. The number of carbonyl (C=O) groups excluding carboxylic acids is 3. The van der Waals surface area contributed by atoms with E-state index in [1.54, 1.807) is 11.8 Å². The Kier molecular flexibility index (Phi) is 6.75. The van der Waals surface area contributed by atoms with Gasteiger partial charge in [0.25, 0.3) is 5.91 Å². The highest BCUT2D eigenvalue weighted by Gasteiger charge is 2.29. The van der Waals surface area contributed by atoms with Gasteiger partial charge in [-0.15, -0.1) is 0 Å². The number of hydrogen-bond donors (Lipinski definition) is 1. The van der Waals surface area contributed by atoms with Gasteiger partial charge in [-0.3, -0.25) is 14.4 Å². The topological polar surface area (TPSA) is 75.7 Å². The third kappa shape index (κ3) is 5.42. The summed E-state index contributed by atoms with van der Waals surface area (Å²) in [6.45, 7) is 2.17. The first-order valence-electron chi connectivity index (χ1n) is 8.10. The second kappa shape index (κ2) is 8.80. The highest BCUT2D eigenvalue weighted by molar-refractivity contribution is 6.30. The minimum Gasteiger partial charge on any atom is -0.455 e. The molecule has 0 bridgehead atoms. The summed E-state index contributed by atoms with van der Waals surface area (Å²) in [6.07, 6.45) is 1.71. The number of carbonyl (C=O) groups is 3. The van der Waals surface area contributed by atoms with Crippen LogP contribution in [0, 0.1) is 11.7 Å². The first-order chi connectivity index (χ1) is 11.9. The lowest BCUT2D eigenvalue weighted by molar-refractivity contribution is -0.154. The number of piperidine rings is 1. The molecule has 2 rings (SSSR count). The average molecular weight is 371 g/mol. The van der Waals surface area contributed by atoms with Crippen molar-refractivity contribution in [2.75, 3.05) is 25.0 Å². The van der Waals surface area contributed by atoms with Crippen LogP contribution in [-0.2, 0) is 19.1 Å². The summed E-state index contributed by atoms with van der Waals surface area (Å²) in [4.78, 5) is 37.3. The largest absolute Gasteiger partial charge is 0.455 e. The van der Waals surface area contributed by atoms with Crippen molar-refractivity contribution in [3.8, 4) is 0 Å². The molecule has 1 fully saturated rings. The Morgan fingerprint density at radius 1 is 1.40 bits per heavy atom. The van der Waals surface area contributed by atoms with Gasteiger partial charge >= 0.3 is 5.97 Å². The molecule has 0 saturated carbocycles. The predicted octanol–water partition coefficient (Wildman–Crippen LogP) is 2.61. The van der Waals surface area contributed by atoms with E-state index in [1.807, 2.05) is 0 Å². The van der Waals surface area contributed by atoms with E-state index in [9.17, 15) is 18.8 Å². The Bertz CT molecular complexity index is 668. The number of benzene rings is 1. The van der Waals surface area contributed by atoms with Crippen molar-refractivity contribution in [1.82, 2.24) is 4.90 Å². The molecule has 0 radical (unpaired) electrons. The molecular weight excluding hydrogens is 351 g/mol.